The Morgan fingerprint density at radius 1 is 1.13 bits per heavy atom. The van der Waals surface area contributed by atoms with Crippen LogP contribution in [-0.4, -0.2) is 24.3 Å². The molecule has 3 amide bonds. The predicted molar refractivity (Wildman–Crippen MR) is 89.1 cm³/mol. The molecule has 0 spiro atoms. The third-order valence-electron chi connectivity index (χ3n) is 3.98. The molecule has 1 saturated carbocycles. The van der Waals surface area contributed by atoms with Gasteiger partial charge in [0.25, 0.3) is 0 Å². The minimum absolute atomic E-state index is 0.0404. The van der Waals surface area contributed by atoms with E-state index in [2.05, 4.69) is 16.0 Å². The van der Waals surface area contributed by atoms with Crippen LogP contribution in [0.25, 0.3) is 0 Å². The Hall–Kier alpha value is -2.37. The van der Waals surface area contributed by atoms with Crippen LogP contribution in [0.3, 0.4) is 0 Å². The average molecular weight is 317 g/mol. The van der Waals surface area contributed by atoms with E-state index in [0.29, 0.717) is 11.4 Å². The zero-order valence-corrected chi connectivity index (χ0v) is 13.6. The van der Waals surface area contributed by atoms with E-state index < -0.39 is 0 Å². The lowest BCUT2D eigenvalue weighted by Crippen LogP contribution is -2.36. The Morgan fingerprint density at radius 3 is 2.48 bits per heavy atom. The van der Waals surface area contributed by atoms with Crippen molar-refractivity contribution in [3.05, 3.63) is 23.8 Å². The van der Waals surface area contributed by atoms with Crippen LogP contribution < -0.4 is 16.0 Å². The van der Waals surface area contributed by atoms with Gasteiger partial charge in [0, 0.05) is 24.2 Å². The number of amides is 3. The standard InChI is InChI=1S/C17H23N3O3/c1-11-7-8-14(19-12(2)21)9-15(11)20-16(22)10-18-17(23)13-5-3-4-6-13/h7-9,13H,3-6,10H2,1-2H3,(H,18,23)(H,19,21)(H,20,22). The van der Waals surface area contributed by atoms with Crippen molar-refractivity contribution in [3.63, 3.8) is 0 Å². The highest BCUT2D eigenvalue weighted by Gasteiger charge is 2.22. The quantitative estimate of drug-likeness (QED) is 0.778. The third kappa shape index (κ3) is 5.09. The van der Waals surface area contributed by atoms with Gasteiger partial charge in [-0.25, -0.2) is 0 Å². The maximum atomic E-state index is 12.0. The first-order valence-electron chi connectivity index (χ1n) is 7.91. The Labute approximate surface area is 136 Å². The van der Waals surface area contributed by atoms with Crippen LogP contribution in [0.1, 0.15) is 38.2 Å². The van der Waals surface area contributed by atoms with Gasteiger partial charge in [-0.1, -0.05) is 18.9 Å². The monoisotopic (exact) mass is 317 g/mol. The molecule has 0 heterocycles. The minimum Gasteiger partial charge on any atom is -0.347 e. The van der Waals surface area contributed by atoms with Crippen LogP contribution in [0.4, 0.5) is 11.4 Å². The fourth-order valence-corrected chi connectivity index (χ4v) is 2.73. The lowest BCUT2D eigenvalue weighted by atomic mass is 10.1. The summed E-state index contributed by atoms with van der Waals surface area (Å²) in [4.78, 5) is 35.0. The van der Waals surface area contributed by atoms with Gasteiger partial charge in [0.15, 0.2) is 0 Å². The summed E-state index contributed by atoms with van der Waals surface area (Å²) in [7, 11) is 0. The summed E-state index contributed by atoms with van der Waals surface area (Å²) >= 11 is 0. The Bertz CT molecular complexity index is 607. The van der Waals surface area contributed by atoms with Crippen LogP contribution in [-0.2, 0) is 14.4 Å². The molecular formula is C17H23N3O3. The zero-order valence-electron chi connectivity index (χ0n) is 13.6. The number of aryl methyl sites for hydroxylation is 1. The summed E-state index contributed by atoms with van der Waals surface area (Å²) in [5, 5.41) is 8.13. The van der Waals surface area contributed by atoms with Crippen molar-refractivity contribution in [1.29, 1.82) is 0 Å². The number of anilines is 2. The van der Waals surface area contributed by atoms with Gasteiger partial charge >= 0.3 is 0 Å². The van der Waals surface area contributed by atoms with Gasteiger partial charge in [0.1, 0.15) is 0 Å². The molecule has 0 aliphatic heterocycles. The highest BCUT2D eigenvalue weighted by Crippen LogP contribution is 2.24. The molecule has 0 radical (unpaired) electrons. The molecule has 23 heavy (non-hydrogen) atoms. The van der Waals surface area contributed by atoms with Crippen molar-refractivity contribution in [2.24, 2.45) is 5.92 Å². The first-order valence-corrected chi connectivity index (χ1v) is 7.91. The van der Waals surface area contributed by atoms with Crippen molar-refractivity contribution in [2.45, 2.75) is 39.5 Å². The molecule has 0 aromatic heterocycles. The molecule has 3 N–H and O–H groups in total. The van der Waals surface area contributed by atoms with Gasteiger partial charge in [0.05, 0.1) is 6.54 Å². The molecule has 1 aromatic rings. The Balaban J connectivity index is 1.89. The maximum absolute atomic E-state index is 12.0. The number of carbonyl (C=O) groups excluding carboxylic acids is 3. The molecule has 6 nitrogen and oxygen atoms in total. The van der Waals surface area contributed by atoms with Crippen molar-refractivity contribution >= 4 is 29.1 Å². The van der Waals surface area contributed by atoms with E-state index in [4.69, 9.17) is 0 Å². The van der Waals surface area contributed by atoms with E-state index >= 15 is 0 Å². The van der Waals surface area contributed by atoms with Crippen LogP contribution in [0.2, 0.25) is 0 Å². The van der Waals surface area contributed by atoms with Crippen LogP contribution >= 0.6 is 0 Å². The maximum Gasteiger partial charge on any atom is 0.243 e. The molecule has 124 valence electrons. The Kier molecular flexibility index (Phi) is 5.73. The van der Waals surface area contributed by atoms with Gasteiger partial charge in [0.2, 0.25) is 17.7 Å². The largest absolute Gasteiger partial charge is 0.347 e. The summed E-state index contributed by atoms with van der Waals surface area (Å²) in [6.45, 7) is 3.25. The van der Waals surface area contributed by atoms with E-state index in [1.165, 1.54) is 6.92 Å². The van der Waals surface area contributed by atoms with E-state index in [9.17, 15) is 14.4 Å². The molecule has 0 bridgehead atoms. The van der Waals surface area contributed by atoms with E-state index in [1.54, 1.807) is 12.1 Å². The summed E-state index contributed by atoms with van der Waals surface area (Å²) in [6.07, 6.45) is 3.98. The number of benzene rings is 1. The molecule has 1 aliphatic carbocycles. The molecule has 6 heteroatoms. The van der Waals surface area contributed by atoms with Gasteiger partial charge < -0.3 is 16.0 Å². The molecular weight excluding hydrogens is 294 g/mol. The summed E-state index contributed by atoms with van der Waals surface area (Å²) in [6, 6.07) is 5.29. The number of rotatable bonds is 5. The predicted octanol–water partition coefficient (Wildman–Crippen LogP) is 2.20. The van der Waals surface area contributed by atoms with Crippen LogP contribution in [0.15, 0.2) is 18.2 Å². The topological polar surface area (TPSA) is 87.3 Å². The molecule has 0 atom stereocenters. The van der Waals surface area contributed by atoms with Gasteiger partial charge in [-0.15, -0.1) is 0 Å². The molecule has 0 saturated heterocycles. The average Bonchev–Trinajstić information content (AvgIpc) is 3.02. The molecule has 0 unspecified atom stereocenters. The molecule has 1 aliphatic rings. The summed E-state index contributed by atoms with van der Waals surface area (Å²) < 4.78 is 0. The van der Waals surface area contributed by atoms with Crippen molar-refractivity contribution < 1.29 is 14.4 Å². The third-order valence-corrected chi connectivity index (χ3v) is 3.98. The van der Waals surface area contributed by atoms with E-state index in [0.717, 1.165) is 31.2 Å². The van der Waals surface area contributed by atoms with Gasteiger partial charge in [-0.3, -0.25) is 14.4 Å². The highest BCUT2D eigenvalue weighted by molar-refractivity contribution is 5.96. The van der Waals surface area contributed by atoms with E-state index in [1.807, 2.05) is 13.0 Å². The van der Waals surface area contributed by atoms with Crippen molar-refractivity contribution in [1.82, 2.24) is 5.32 Å². The number of hydrogen-bond acceptors (Lipinski definition) is 3. The molecule has 1 aromatic carbocycles. The minimum atomic E-state index is -0.278. The lowest BCUT2D eigenvalue weighted by molar-refractivity contribution is -0.127. The SMILES string of the molecule is CC(=O)Nc1ccc(C)c(NC(=O)CNC(=O)C2CCCC2)c1. The fraction of sp³-hybridized carbons (Fsp3) is 0.471. The van der Waals surface area contributed by atoms with Crippen molar-refractivity contribution in [2.75, 3.05) is 17.2 Å². The Morgan fingerprint density at radius 2 is 1.83 bits per heavy atom. The van der Waals surface area contributed by atoms with Crippen LogP contribution in [0, 0.1) is 12.8 Å². The second-order valence-corrected chi connectivity index (χ2v) is 5.96. The number of hydrogen-bond donors (Lipinski definition) is 3. The second kappa shape index (κ2) is 7.76. The zero-order chi connectivity index (χ0) is 16.8. The van der Waals surface area contributed by atoms with Gasteiger partial charge in [-0.2, -0.15) is 0 Å². The molecule has 2 rings (SSSR count). The fourth-order valence-electron chi connectivity index (χ4n) is 2.73. The lowest BCUT2D eigenvalue weighted by Gasteiger charge is -2.13. The van der Waals surface area contributed by atoms with E-state index in [-0.39, 0.29) is 30.2 Å². The molecule has 1 fully saturated rings. The summed E-state index contributed by atoms with van der Waals surface area (Å²) in [5.41, 5.74) is 2.12. The number of carbonyl (C=O) groups is 3. The normalized spacial score (nSPS) is 14.3. The summed E-state index contributed by atoms with van der Waals surface area (Å²) in [5.74, 6) is -0.441. The highest BCUT2D eigenvalue weighted by atomic mass is 16.2. The second-order valence-electron chi connectivity index (χ2n) is 5.96. The van der Waals surface area contributed by atoms with Gasteiger partial charge in [-0.05, 0) is 37.5 Å². The smallest absolute Gasteiger partial charge is 0.243 e. The first-order chi connectivity index (χ1) is 11.0. The first kappa shape index (κ1) is 17.0. The van der Waals surface area contributed by atoms with Crippen LogP contribution in [0.5, 0.6) is 0 Å². The number of nitrogens with one attached hydrogen (secondary N) is 3. The van der Waals surface area contributed by atoms with Crippen molar-refractivity contribution in [3.8, 4) is 0 Å².